The van der Waals surface area contributed by atoms with Gasteiger partial charge in [-0.2, -0.15) is 0 Å². The lowest BCUT2D eigenvalue weighted by molar-refractivity contribution is 0.383. The van der Waals surface area contributed by atoms with Gasteiger partial charge in [0.15, 0.2) is 0 Å². The highest BCUT2D eigenvalue weighted by atomic mass is 32.2. The average molecular weight is 262 g/mol. The summed E-state index contributed by atoms with van der Waals surface area (Å²) in [4.78, 5) is 1.42. The first-order valence-electron chi connectivity index (χ1n) is 7.15. The summed E-state index contributed by atoms with van der Waals surface area (Å²) in [5.41, 5.74) is 2.83. The van der Waals surface area contributed by atoms with Gasteiger partial charge in [0.2, 0.25) is 0 Å². The van der Waals surface area contributed by atoms with Crippen LogP contribution in [-0.4, -0.2) is 24.9 Å². The number of thioether (sulfide) groups is 1. The monoisotopic (exact) mass is 262 g/mol. The zero-order valence-corrected chi connectivity index (χ0v) is 11.7. The van der Waals surface area contributed by atoms with Crippen LogP contribution in [0.1, 0.15) is 31.2 Å². The molecule has 0 aliphatic carbocycles. The van der Waals surface area contributed by atoms with Gasteiger partial charge < -0.3 is 10.6 Å². The van der Waals surface area contributed by atoms with Crippen LogP contribution in [0.4, 0.5) is 5.69 Å². The van der Waals surface area contributed by atoms with Gasteiger partial charge >= 0.3 is 0 Å². The quantitative estimate of drug-likeness (QED) is 0.874. The van der Waals surface area contributed by atoms with Crippen LogP contribution < -0.4 is 10.6 Å². The topological polar surface area (TPSA) is 24.1 Å². The zero-order chi connectivity index (χ0) is 12.2. The second-order valence-electron chi connectivity index (χ2n) is 5.29. The van der Waals surface area contributed by atoms with Gasteiger partial charge in [-0.3, -0.25) is 0 Å². The summed E-state index contributed by atoms with van der Waals surface area (Å²) in [6.07, 6.45) is 6.61. The number of hydrogen-bond acceptors (Lipinski definition) is 3. The Morgan fingerprint density at radius 1 is 1.22 bits per heavy atom. The molecule has 1 saturated heterocycles. The Morgan fingerprint density at radius 2 is 2.22 bits per heavy atom. The van der Waals surface area contributed by atoms with Gasteiger partial charge in [-0.25, -0.2) is 0 Å². The van der Waals surface area contributed by atoms with Crippen LogP contribution in [0.2, 0.25) is 0 Å². The Balaban J connectivity index is 1.58. The maximum absolute atomic E-state index is 3.63. The summed E-state index contributed by atoms with van der Waals surface area (Å²) in [5.74, 6) is 1.19. The van der Waals surface area contributed by atoms with Crippen molar-refractivity contribution in [2.45, 2.75) is 43.0 Å². The molecule has 2 aliphatic heterocycles. The molecular weight excluding hydrogens is 240 g/mol. The molecule has 0 aromatic heterocycles. The van der Waals surface area contributed by atoms with Crippen molar-refractivity contribution >= 4 is 17.4 Å². The summed E-state index contributed by atoms with van der Waals surface area (Å²) < 4.78 is 0. The summed E-state index contributed by atoms with van der Waals surface area (Å²) >= 11 is 1.97. The number of benzene rings is 1. The number of anilines is 1. The van der Waals surface area contributed by atoms with E-state index < -0.39 is 0 Å². The van der Waals surface area contributed by atoms with E-state index in [1.54, 1.807) is 0 Å². The van der Waals surface area contributed by atoms with E-state index in [1.165, 1.54) is 60.5 Å². The predicted molar refractivity (Wildman–Crippen MR) is 79.6 cm³/mol. The second-order valence-corrected chi connectivity index (χ2v) is 6.43. The predicted octanol–water partition coefficient (Wildman–Crippen LogP) is 3.28. The SMILES string of the molecule is c1cc2c(cc1CCC1CCCCN1)NCCS2. The molecule has 18 heavy (non-hydrogen) atoms. The van der Waals surface area contributed by atoms with Crippen molar-refractivity contribution < 1.29 is 0 Å². The van der Waals surface area contributed by atoms with Gasteiger partial charge in [-0.05, 0) is 49.9 Å². The zero-order valence-electron chi connectivity index (χ0n) is 10.9. The molecule has 1 atom stereocenters. The van der Waals surface area contributed by atoms with Crippen molar-refractivity contribution in [3.63, 3.8) is 0 Å². The van der Waals surface area contributed by atoms with Gasteiger partial charge in [0.05, 0.1) is 0 Å². The van der Waals surface area contributed by atoms with Crippen molar-refractivity contribution in [2.75, 3.05) is 24.2 Å². The Morgan fingerprint density at radius 3 is 3.11 bits per heavy atom. The highest BCUT2D eigenvalue weighted by Crippen LogP contribution is 2.31. The molecule has 0 spiro atoms. The van der Waals surface area contributed by atoms with E-state index in [2.05, 4.69) is 28.8 Å². The molecule has 1 fully saturated rings. The van der Waals surface area contributed by atoms with Crippen molar-refractivity contribution in [1.82, 2.24) is 5.32 Å². The van der Waals surface area contributed by atoms with Crippen LogP contribution in [0.5, 0.6) is 0 Å². The number of nitrogens with one attached hydrogen (secondary N) is 2. The molecule has 3 rings (SSSR count). The number of piperidine rings is 1. The molecule has 1 aromatic rings. The minimum absolute atomic E-state index is 0.747. The van der Waals surface area contributed by atoms with Gasteiger partial charge in [0, 0.05) is 28.9 Å². The molecule has 0 saturated carbocycles. The number of aryl methyl sites for hydroxylation is 1. The lowest BCUT2D eigenvalue weighted by atomic mass is 9.98. The van der Waals surface area contributed by atoms with E-state index in [4.69, 9.17) is 0 Å². The summed E-state index contributed by atoms with van der Waals surface area (Å²) in [7, 11) is 0. The van der Waals surface area contributed by atoms with Crippen LogP contribution in [0.15, 0.2) is 23.1 Å². The van der Waals surface area contributed by atoms with Gasteiger partial charge in [-0.1, -0.05) is 12.5 Å². The lowest BCUT2D eigenvalue weighted by Crippen LogP contribution is -2.34. The summed E-state index contributed by atoms with van der Waals surface area (Å²) in [6, 6.07) is 7.69. The largest absolute Gasteiger partial charge is 0.383 e. The maximum atomic E-state index is 3.63. The molecule has 2 heterocycles. The summed E-state index contributed by atoms with van der Waals surface area (Å²) in [6.45, 7) is 2.32. The Kier molecular flexibility index (Phi) is 4.11. The van der Waals surface area contributed by atoms with Crippen LogP contribution in [0.25, 0.3) is 0 Å². The maximum Gasteiger partial charge on any atom is 0.0481 e. The molecule has 98 valence electrons. The highest BCUT2D eigenvalue weighted by molar-refractivity contribution is 7.99. The van der Waals surface area contributed by atoms with E-state index in [1.807, 2.05) is 11.8 Å². The van der Waals surface area contributed by atoms with E-state index in [0.29, 0.717) is 0 Å². The molecule has 0 bridgehead atoms. The van der Waals surface area contributed by atoms with Crippen LogP contribution in [-0.2, 0) is 6.42 Å². The number of fused-ring (bicyclic) bond motifs is 1. The molecule has 1 unspecified atom stereocenters. The summed E-state index contributed by atoms with van der Waals surface area (Å²) in [5, 5.41) is 7.14. The minimum atomic E-state index is 0.747. The average Bonchev–Trinajstić information content (AvgIpc) is 2.46. The normalized spacial score (nSPS) is 23.2. The van der Waals surface area contributed by atoms with E-state index >= 15 is 0 Å². The smallest absolute Gasteiger partial charge is 0.0481 e. The molecule has 2 N–H and O–H groups in total. The third kappa shape index (κ3) is 3.01. The number of hydrogen-bond donors (Lipinski definition) is 2. The Labute approximate surface area is 114 Å². The third-order valence-electron chi connectivity index (χ3n) is 3.91. The highest BCUT2D eigenvalue weighted by Gasteiger charge is 2.13. The van der Waals surface area contributed by atoms with E-state index in [9.17, 15) is 0 Å². The molecule has 1 aromatic carbocycles. The first-order chi connectivity index (χ1) is 8.92. The van der Waals surface area contributed by atoms with Crippen LogP contribution in [0.3, 0.4) is 0 Å². The fraction of sp³-hybridized carbons (Fsp3) is 0.600. The van der Waals surface area contributed by atoms with Crippen molar-refractivity contribution in [2.24, 2.45) is 0 Å². The van der Waals surface area contributed by atoms with Crippen molar-refractivity contribution in [1.29, 1.82) is 0 Å². The van der Waals surface area contributed by atoms with Gasteiger partial charge in [0.25, 0.3) is 0 Å². The molecule has 3 heteroatoms. The first kappa shape index (κ1) is 12.4. The molecular formula is C15H22N2S. The van der Waals surface area contributed by atoms with Crippen molar-refractivity contribution in [3.05, 3.63) is 23.8 Å². The lowest BCUT2D eigenvalue weighted by Gasteiger charge is -2.24. The Bertz CT molecular complexity index is 399. The van der Waals surface area contributed by atoms with Crippen LogP contribution >= 0.6 is 11.8 Å². The number of rotatable bonds is 3. The molecule has 0 radical (unpaired) electrons. The molecule has 2 nitrogen and oxygen atoms in total. The van der Waals surface area contributed by atoms with Gasteiger partial charge in [-0.15, -0.1) is 11.8 Å². The fourth-order valence-electron chi connectivity index (χ4n) is 2.85. The Hall–Kier alpha value is -0.670. The second kappa shape index (κ2) is 5.98. The van der Waals surface area contributed by atoms with E-state index in [0.717, 1.165) is 12.6 Å². The third-order valence-corrected chi connectivity index (χ3v) is 4.99. The minimum Gasteiger partial charge on any atom is -0.383 e. The van der Waals surface area contributed by atoms with Crippen LogP contribution in [0, 0.1) is 0 Å². The standard InChI is InChI=1S/C15H22N2S/c1-2-8-16-13(3-1)6-4-12-5-7-15-14(11-12)17-9-10-18-15/h5,7,11,13,16-17H,1-4,6,8-10H2. The van der Waals surface area contributed by atoms with Crippen molar-refractivity contribution in [3.8, 4) is 0 Å². The fourth-order valence-corrected chi connectivity index (χ4v) is 3.73. The molecule has 0 amide bonds. The van der Waals surface area contributed by atoms with Gasteiger partial charge in [0.1, 0.15) is 0 Å². The van der Waals surface area contributed by atoms with E-state index in [-0.39, 0.29) is 0 Å². The molecule has 2 aliphatic rings. The first-order valence-corrected chi connectivity index (χ1v) is 8.13.